The van der Waals surface area contributed by atoms with Crippen molar-refractivity contribution in [1.29, 1.82) is 0 Å². The SMILES string of the molecule is Cc1cc(CN2Cc3cccn3CC(C(=O)N3CC(F)(F)C3)C2)no1.O=C(O)C(F)(F)F. The Hall–Kier alpha value is -2.96. The van der Waals surface area contributed by atoms with Crippen LogP contribution in [0.5, 0.6) is 0 Å². The highest BCUT2D eigenvalue weighted by Crippen LogP contribution is 2.29. The van der Waals surface area contributed by atoms with Gasteiger partial charge in [0.25, 0.3) is 5.92 Å². The van der Waals surface area contributed by atoms with Crippen molar-refractivity contribution in [1.82, 2.24) is 19.5 Å². The molecule has 1 N–H and O–H groups in total. The molecule has 2 aromatic heterocycles. The number of rotatable bonds is 3. The van der Waals surface area contributed by atoms with E-state index in [4.69, 9.17) is 14.4 Å². The molecule has 13 heteroatoms. The van der Waals surface area contributed by atoms with E-state index in [1.54, 1.807) is 0 Å². The van der Waals surface area contributed by atoms with Gasteiger partial charge in [-0.15, -0.1) is 0 Å². The molecular formula is C19H21F5N4O4. The Bertz CT molecular complexity index is 963. The molecule has 2 aromatic rings. The standard InChI is InChI=1S/C17H20F2N4O2.C2HF3O2/c1-12-5-14(20-25-12)8-21-6-13(7-22-4-2-3-15(22)9-21)16(24)23-10-17(18,19)11-23;3-2(4,5)1(6)7/h2-5,13H,6-11H2,1H3;(H,6,7). The Labute approximate surface area is 179 Å². The topological polar surface area (TPSA) is 91.8 Å². The van der Waals surface area contributed by atoms with Gasteiger partial charge in [-0.2, -0.15) is 13.2 Å². The number of amides is 1. The molecule has 1 unspecified atom stereocenters. The van der Waals surface area contributed by atoms with Crippen LogP contribution in [0.1, 0.15) is 17.1 Å². The van der Waals surface area contributed by atoms with Crippen molar-refractivity contribution in [3.8, 4) is 0 Å². The molecule has 0 aromatic carbocycles. The van der Waals surface area contributed by atoms with E-state index < -0.39 is 31.2 Å². The van der Waals surface area contributed by atoms with Gasteiger partial charge in [0.05, 0.1) is 24.7 Å². The van der Waals surface area contributed by atoms with Gasteiger partial charge in [0.2, 0.25) is 5.91 Å². The lowest BCUT2D eigenvalue weighted by atomic mass is 10.0. The number of hydrogen-bond acceptors (Lipinski definition) is 5. The van der Waals surface area contributed by atoms with Crippen LogP contribution >= 0.6 is 0 Å². The molecule has 1 amide bonds. The molecule has 2 aliphatic rings. The normalized spacial score (nSPS) is 20.4. The van der Waals surface area contributed by atoms with Crippen LogP contribution in [0, 0.1) is 12.8 Å². The van der Waals surface area contributed by atoms with Crippen molar-refractivity contribution in [3.63, 3.8) is 0 Å². The highest BCUT2D eigenvalue weighted by Gasteiger charge is 2.48. The van der Waals surface area contributed by atoms with Crippen molar-refractivity contribution in [3.05, 3.63) is 41.5 Å². The third-order valence-electron chi connectivity index (χ3n) is 5.01. The number of carboxylic acids is 1. The van der Waals surface area contributed by atoms with E-state index in [9.17, 15) is 26.7 Å². The number of likely N-dealkylation sites (tertiary alicyclic amines) is 1. The second-order valence-corrected chi connectivity index (χ2v) is 7.80. The summed E-state index contributed by atoms with van der Waals surface area (Å²) in [4.78, 5) is 25.0. The van der Waals surface area contributed by atoms with E-state index in [0.29, 0.717) is 26.2 Å². The number of carboxylic acid groups (broad SMARTS) is 1. The molecule has 0 bridgehead atoms. The van der Waals surface area contributed by atoms with Crippen LogP contribution in [0.25, 0.3) is 0 Å². The van der Waals surface area contributed by atoms with Gasteiger partial charge in [0.15, 0.2) is 0 Å². The number of carbonyl (C=O) groups is 2. The Kier molecular flexibility index (Phi) is 6.58. The number of halogens is 5. The number of carbonyl (C=O) groups excluding carboxylic acids is 1. The molecule has 0 saturated carbocycles. The van der Waals surface area contributed by atoms with E-state index in [1.807, 2.05) is 35.9 Å². The summed E-state index contributed by atoms with van der Waals surface area (Å²) in [5.74, 6) is -5.31. The molecule has 176 valence electrons. The van der Waals surface area contributed by atoms with E-state index in [0.717, 1.165) is 17.1 Å². The third-order valence-corrected chi connectivity index (χ3v) is 5.01. The molecule has 1 saturated heterocycles. The largest absolute Gasteiger partial charge is 0.490 e. The molecular weight excluding hydrogens is 443 g/mol. The van der Waals surface area contributed by atoms with Crippen LogP contribution in [-0.4, -0.2) is 68.2 Å². The zero-order chi connectivity index (χ0) is 23.7. The number of alkyl halides is 5. The minimum absolute atomic E-state index is 0.200. The van der Waals surface area contributed by atoms with Gasteiger partial charge >= 0.3 is 12.1 Å². The van der Waals surface area contributed by atoms with Crippen LogP contribution in [0.2, 0.25) is 0 Å². The Morgan fingerprint density at radius 1 is 1.28 bits per heavy atom. The van der Waals surface area contributed by atoms with Gasteiger partial charge in [-0.05, 0) is 19.1 Å². The van der Waals surface area contributed by atoms with Crippen LogP contribution < -0.4 is 0 Å². The van der Waals surface area contributed by atoms with Gasteiger partial charge in [-0.1, -0.05) is 5.16 Å². The van der Waals surface area contributed by atoms with E-state index in [1.165, 1.54) is 4.90 Å². The fraction of sp³-hybridized carbons (Fsp3) is 0.526. The predicted molar refractivity (Wildman–Crippen MR) is 98.5 cm³/mol. The monoisotopic (exact) mass is 464 g/mol. The second kappa shape index (κ2) is 8.88. The summed E-state index contributed by atoms with van der Waals surface area (Å²) >= 11 is 0. The molecule has 2 aliphatic heterocycles. The summed E-state index contributed by atoms with van der Waals surface area (Å²) in [5, 5.41) is 11.1. The number of nitrogens with zero attached hydrogens (tertiary/aromatic N) is 4. The zero-order valence-electron chi connectivity index (χ0n) is 17.0. The molecule has 4 heterocycles. The molecule has 1 fully saturated rings. The molecule has 0 spiro atoms. The molecule has 8 nitrogen and oxygen atoms in total. The van der Waals surface area contributed by atoms with Crippen LogP contribution in [0.4, 0.5) is 22.0 Å². The Balaban J connectivity index is 0.000000360. The zero-order valence-corrected chi connectivity index (χ0v) is 17.0. The maximum absolute atomic E-state index is 13.1. The highest BCUT2D eigenvalue weighted by molar-refractivity contribution is 5.80. The molecule has 32 heavy (non-hydrogen) atoms. The van der Waals surface area contributed by atoms with Crippen molar-refractivity contribution in [2.24, 2.45) is 5.92 Å². The quantitative estimate of drug-likeness (QED) is 0.702. The number of aliphatic carboxylic acids is 1. The number of aryl methyl sites for hydroxylation is 1. The summed E-state index contributed by atoms with van der Waals surface area (Å²) < 4.78 is 65.1. The Morgan fingerprint density at radius 2 is 1.94 bits per heavy atom. The van der Waals surface area contributed by atoms with E-state index in [-0.39, 0.29) is 11.8 Å². The summed E-state index contributed by atoms with van der Waals surface area (Å²) in [6.07, 6.45) is -3.15. The second-order valence-electron chi connectivity index (χ2n) is 7.80. The van der Waals surface area contributed by atoms with Gasteiger partial charge in [-0.3, -0.25) is 9.69 Å². The first-order valence-corrected chi connectivity index (χ1v) is 9.59. The summed E-state index contributed by atoms with van der Waals surface area (Å²) in [6, 6.07) is 5.83. The van der Waals surface area contributed by atoms with Crippen molar-refractivity contribution >= 4 is 11.9 Å². The fourth-order valence-corrected chi connectivity index (χ4v) is 3.60. The lowest BCUT2D eigenvalue weighted by Crippen LogP contribution is -2.60. The lowest BCUT2D eigenvalue weighted by molar-refractivity contribution is -0.192. The summed E-state index contributed by atoms with van der Waals surface area (Å²) in [6.45, 7) is 3.15. The number of aromatic nitrogens is 2. The van der Waals surface area contributed by atoms with Gasteiger partial charge < -0.3 is 19.1 Å². The minimum atomic E-state index is -5.08. The third kappa shape index (κ3) is 5.84. The van der Waals surface area contributed by atoms with E-state index >= 15 is 0 Å². The summed E-state index contributed by atoms with van der Waals surface area (Å²) in [7, 11) is 0. The van der Waals surface area contributed by atoms with Crippen LogP contribution in [0.15, 0.2) is 28.9 Å². The minimum Gasteiger partial charge on any atom is -0.475 e. The van der Waals surface area contributed by atoms with Gasteiger partial charge in [-0.25, -0.2) is 13.6 Å². The maximum Gasteiger partial charge on any atom is 0.490 e. The highest BCUT2D eigenvalue weighted by atomic mass is 19.4. The molecule has 4 rings (SSSR count). The lowest BCUT2D eigenvalue weighted by Gasteiger charge is -2.40. The predicted octanol–water partition coefficient (Wildman–Crippen LogP) is 2.53. The van der Waals surface area contributed by atoms with Gasteiger partial charge in [0, 0.05) is 44.1 Å². The van der Waals surface area contributed by atoms with Crippen LogP contribution in [-0.2, 0) is 29.2 Å². The fourth-order valence-electron chi connectivity index (χ4n) is 3.60. The maximum atomic E-state index is 13.1. The first-order chi connectivity index (χ1) is 14.8. The van der Waals surface area contributed by atoms with Gasteiger partial charge in [0.1, 0.15) is 5.76 Å². The molecule has 0 aliphatic carbocycles. The average Bonchev–Trinajstić information content (AvgIpc) is 3.22. The van der Waals surface area contributed by atoms with Crippen molar-refractivity contribution in [2.75, 3.05) is 19.6 Å². The molecule has 1 atom stereocenters. The van der Waals surface area contributed by atoms with Crippen LogP contribution in [0.3, 0.4) is 0 Å². The van der Waals surface area contributed by atoms with Crippen molar-refractivity contribution in [2.45, 2.75) is 38.7 Å². The summed E-state index contributed by atoms with van der Waals surface area (Å²) in [5.41, 5.74) is 1.91. The Morgan fingerprint density at radius 3 is 2.47 bits per heavy atom. The average molecular weight is 464 g/mol. The molecule has 0 radical (unpaired) electrons. The van der Waals surface area contributed by atoms with Crippen molar-refractivity contribution < 1.29 is 41.2 Å². The van der Waals surface area contributed by atoms with E-state index in [2.05, 4.69) is 10.1 Å². The number of fused-ring (bicyclic) bond motifs is 1. The first-order valence-electron chi connectivity index (χ1n) is 9.59. The first kappa shape index (κ1) is 23.7. The smallest absolute Gasteiger partial charge is 0.475 e. The number of hydrogen-bond donors (Lipinski definition) is 1.